The molecule has 0 aliphatic rings. The predicted octanol–water partition coefficient (Wildman–Crippen LogP) is -4.43. The summed E-state index contributed by atoms with van der Waals surface area (Å²) in [4.78, 5) is 0. The average molecular weight is 283 g/mol. The van der Waals surface area contributed by atoms with Crippen LogP contribution in [-0.4, -0.2) is 68.3 Å². The standard InChI is InChI=1S/C4H11NO3.C3H8O.3H2O.Ti/c5-4(1-6,2-7)3-8;1-3(2)4;;;;/h6-8H,1-3,5H2;3-4H,1-2H3;3*1H2;. The second kappa shape index (κ2) is 20.8. The van der Waals surface area contributed by atoms with Gasteiger partial charge in [0, 0.05) is 27.8 Å². The summed E-state index contributed by atoms with van der Waals surface area (Å²) in [6, 6.07) is 0. The average Bonchev–Trinajstić information content (AvgIpc) is 2.02. The second-order valence-electron chi connectivity index (χ2n) is 2.93. The molecule has 104 valence electrons. The number of hydrogen-bond acceptors (Lipinski definition) is 5. The molecule has 0 atom stereocenters. The zero-order valence-electron chi connectivity index (χ0n) is 9.56. The van der Waals surface area contributed by atoms with Crippen molar-refractivity contribution >= 4 is 0 Å². The van der Waals surface area contributed by atoms with Crippen molar-refractivity contribution in [2.75, 3.05) is 19.8 Å². The van der Waals surface area contributed by atoms with Crippen molar-refractivity contribution in [2.45, 2.75) is 25.5 Å². The van der Waals surface area contributed by atoms with Crippen LogP contribution in [0.2, 0.25) is 0 Å². The number of nitrogens with two attached hydrogens (primary N) is 1. The van der Waals surface area contributed by atoms with Gasteiger partial charge >= 0.3 is 0 Å². The van der Waals surface area contributed by atoms with Crippen molar-refractivity contribution < 1.29 is 58.6 Å². The third-order valence-corrected chi connectivity index (χ3v) is 0.945. The van der Waals surface area contributed by atoms with Crippen LogP contribution in [0.4, 0.5) is 0 Å². The Hall–Kier alpha value is 0.394. The van der Waals surface area contributed by atoms with Gasteiger partial charge in [-0.05, 0) is 13.8 Å². The molecule has 0 saturated heterocycles. The monoisotopic (exact) mass is 283 g/mol. The van der Waals surface area contributed by atoms with E-state index in [1.165, 1.54) is 0 Å². The molecule has 0 aromatic rings. The minimum atomic E-state index is -1.21. The summed E-state index contributed by atoms with van der Waals surface area (Å²) in [5, 5.41) is 33.1. The maximum Gasteiger partial charge on any atom is 0.0856 e. The first-order valence-electron chi connectivity index (χ1n) is 3.71. The van der Waals surface area contributed by atoms with Gasteiger partial charge in [-0.2, -0.15) is 0 Å². The quantitative estimate of drug-likeness (QED) is 0.324. The summed E-state index contributed by atoms with van der Waals surface area (Å²) >= 11 is 0. The SMILES string of the molecule is CC(C)O.NC(CO)(CO)CO.O.O.O.[Ti]. The molecule has 0 aromatic carbocycles. The van der Waals surface area contributed by atoms with E-state index in [-0.39, 0.29) is 44.3 Å². The Labute approximate surface area is 110 Å². The Bertz CT molecular complexity index is 91.7. The van der Waals surface area contributed by atoms with Crippen LogP contribution in [0.25, 0.3) is 0 Å². The smallest absolute Gasteiger partial charge is 0.0856 e. The van der Waals surface area contributed by atoms with Gasteiger partial charge in [-0.1, -0.05) is 0 Å². The van der Waals surface area contributed by atoms with E-state index in [0.717, 1.165) is 0 Å². The first-order valence-corrected chi connectivity index (χ1v) is 3.71. The molecule has 0 saturated carbocycles. The van der Waals surface area contributed by atoms with Gasteiger partial charge in [-0.3, -0.25) is 0 Å². The largest absolute Gasteiger partial charge is 0.412 e. The molecule has 12 N–H and O–H groups in total. The zero-order valence-corrected chi connectivity index (χ0v) is 11.1. The van der Waals surface area contributed by atoms with Gasteiger partial charge < -0.3 is 42.6 Å². The van der Waals surface area contributed by atoms with Crippen molar-refractivity contribution in [3.63, 3.8) is 0 Å². The van der Waals surface area contributed by atoms with E-state index in [0.29, 0.717) is 0 Å². The fraction of sp³-hybridized carbons (Fsp3) is 1.00. The normalized spacial score (nSPS) is 8.25. The summed E-state index contributed by atoms with van der Waals surface area (Å²) in [6.45, 7) is 2.24. The van der Waals surface area contributed by atoms with Gasteiger partial charge in [0.25, 0.3) is 0 Å². The Kier molecular flexibility index (Phi) is 46.7. The third-order valence-electron chi connectivity index (χ3n) is 0.945. The molecule has 0 aromatic heterocycles. The molecule has 0 unspecified atom stereocenters. The van der Waals surface area contributed by atoms with Crippen LogP contribution in [0.5, 0.6) is 0 Å². The van der Waals surface area contributed by atoms with Crippen LogP contribution in [0.15, 0.2) is 0 Å². The van der Waals surface area contributed by atoms with Crippen LogP contribution >= 0.6 is 0 Å². The minimum Gasteiger partial charge on any atom is -0.412 e. The first kappa shape index (κ1) is 36.0. The van der Waals surface area contributed by atoms with Crippen molar-refractivity contribution in [3.8, 4) is 0 Å². The molecule has 9 heteroatoms. The molecule has 0 bridgehead atoms. The van der Waals surface area contributed by atoms with E-state index >= 15 is 0 Å². The summed E-state index contributed by atoms with van der Waals surface area (Å²) in [5.41, 5.74) is 3.94. The van der Waals surface area contributed by atoms with Crippen LogP contribution in [0.3, 0.4) is 0 Å². The molecule has 0 amide bonds. The molecule has 0 radical (unpaired) electrons. The minimum absolute atomic E-state index is 0. The molecular weight excluding hydrogens is 258 g/mol. The Morgan fingerprint density at radius 3 is 1.06 bits per heavy atom. The molecule has 8 nitrogen and oxygen atoms in total. The van der Waals surface area contributed by atoms with Crippen LogP contribution < -0.4 is 5.73 Å². The van der Waals surface area contributed by atoms with Gasteiger partial charge in [0.2, 0.25) is 0 Å². The van der Waals surface area contributed by atoms with Crippen molar-refractivity contribution in [1.82, 2.24) is 0 Å². The predicted molar refractivity (Wildman–Crippen MR) is 56.4 cm³/mol. The van der Waals surface area contributed by atoms with E-state index in [1.807, 2.05) is 0 Å². The van der Waals surface area contributed by atoms with E-state index in [1.54, 1.807) is 13.8 Å². The number of rotatable bonds is 3. The van der Waals surface area contributed by atoms with Gasteiger partial charge in [-0.25, -0.2) is 0 Å². The first-order chi connectivity index (χ1) is 5.41. The summed E-state index contributed by atoms with van der Waals surface area (Å²) in [5.74, 6) is 0. The van der Waals surface area contributed by atoms with E-state index in [4.69, 9.17) is 26.2 Å². The molecule has 0 heterocycles. The fourth-order valence-corrected chi connectivity index (χ4v) is 0.150. The summed E-state index contributed by atoms with van der Waals surface area (Å²) in [6.07, 6.45) is -0.167. The zero-order chi connectivity index (χ0) is 10.2. The molecular formula is C7H25NO7Ti. The van der Waals surface area contributed by atoms with Crippen LogP contribution in [-0.2, 0) is 21.7 Å². The molecule has 0 rings (SSSR count). The Morgan fingerprint density at radius 2 is 1.06 bits per heavy atom. The fourth-order valence-electron chi connectivity index (χ4n) is 0.150. The van der Waals surface area contributed by atoms with Crippen molar-refractivity contribution in [1.29, 1.82) is 0 Å². The topological polar surface area (TPSA) is 201 Å². The molecule has 16 heavy (non-hydrogen) atoms. The molecule has 0 aliphatic carbocycles. The summed E-state index contributed by atoms with van der Waals surface area (Å²) < 4.78 is 0. The molecule has 0 aliphatic heterocycles. The van der Waals surface area contributed by atoms with Gasteiger partial charge in [0.15, 0.2) is 0 Å². The number of aliphatic hydroxyl groups is 4. The summed E-state index contributed by atoms with van der Waals surface area (Å²) in [7, 11) is 0. The molecule has 0 fully saturated rings. The van der Waals surface area contributed by atoms with E-state index < -0.39 is 25.4 Å². The van der Waals surface area contributed by atoms with Crippen LogP contribution in [0.1, 0.15) is 13.8 Å². The van der Waals surface area contributed by atoms with Gasteiger partial charge in [0.1, 0.15) is 0 Å². The maximum absolute atomic E-state index is 8.34. The Morgan fingerprint density at radius 1 is 0.938 bits per heavy atom. The van der Waals surface area contributed by atoms with E-state index in [2.05, 4.69) is 0 Å². The maximum atomic E-state index is 8.34. The number of aliphatic hydroxyl groups excluding tert-OH is 4. The van der Waals surface area contributed by atoms with E-state index in [9.17, 15) is 0 Å². The van der Waals surface area contributed by atoms with Gasteiger partial charge in [-0.15, -0.1) is 0 Å². The molecule has 0 spiro atoms. The Balaban J connectivity index is -0.0000000281. The van der Waals surface area contributed by atoms with Crippen molar-refractivity contribution in [3.05, 3.63) is 0 Å². The van der Waals surface area contributed by atoms with Crippen molar-refractivity contribution in [2.24, 2.45) is 5.73 Å². The van der Waals surface area contributed by atoms with Crippen LogP contribution in [0, 0.1) is 0 Å². The second-order valence-corrected chi connectivity index (χ2v) is 2.93. The number of hydrogen-bond donors (Lipinski definition) is 5. The van der Waals surface area contributed by atoms with Gasteiger partial charge in [0.05, 0.1) is 25.4 Å². The third kappa shape index (κ3) is 29.3.